The molecule has 1 atom stereocenters. The molecule has 0 saturated carbocycles. The van der Waals surface area contributed by atoms with Gasteiger partial charge < -0.3 is 0 Å². The van der Waals surface area contributed by atoms with Crippen LogP contribution in [-0.4, -0.2) is 5.71 Å². The van der Waals surface area contributed by atoms with Crippen LogP contribution in [0.2, 0.25) is 10.0 Å². The van der Waals surface area contributed by atoms with E-state index in [1.807, 2.05) is 54.6 Å². The molecule has 1 aliphatic heterocycles. The third kappa shape index (κ3) is 3.52. The first-order valence-electron chi connectivity index (χ1n) is 8.24. The second kappa shape index (κ2) is 7.43. The van der Waals surface area contributed by atoms with E-state index in [9.17, 15) is 0 Å². The first-order valence-corrected chi connectivity index (χ1v) is 9.79. The van der Waals surface area contributed by atoms with E-state index in [0.29, 0.717) is 0 Å². The zero-order chi connectivity index (χ0) is 18.1. The molecule has 26 heavy (non-hydrogen) atoms. The van der Waals surface area contributed by atoms with Gasteiger partial charge in [-0.1, -0.05) is 75.5 Å². The normalized spacial score (nSPS) is 16.7. The van der Waals surface area contributed by atoms with Crippen LogP contribution in [0, 0.1) is 0 Å². The number of hydrazone groups is 1. The molecule has 1 heterocycles. The van der Waals surface area contributed by atoms with Crippen molar-refractivity contribution in [1.29, 1.82) is 0 Å². The second-order valence-electron chi connectivity index (χ2n) is 6.12. The summed E-state index contributed by atoms with van der Waals surface area (Å²) in [6.45, 7) is 0. The first-order chi connectivity index (χ1) is 12.6. The largest absolute Gasteiger partial charge is 0.257 e. The van der Waals surface area contributed by atoms with Gasteiger partial charge in [-0.15, -0.1) is 0 Å². The zero-order valence-electron chi connectivity index (χ0n) is 13.7. The highest BCUT2D eigenvalue weighted by Gasteiger charge is 2.31. The van der Waals surface area contributed by atoms with Crippen LogP contribution in [0.15, 0.2) is 82.4 Å². The Bertz CT molecular complexity index is 970. The molecule has 2 nitrogen and oxygen atoms in total. The maximum absolute atomic E-state index is 6.50. The van der Waals surface area contributed by atoms with Gasteiger partial charge in [0.1, 0.15) is 0 Å². The maximum atomic E-state index is 6.50. The number of benzene rings is 3. The minimum Gasteiger partial charge on any atom is -0.257 e. The lowest BCUT2D eigenvalue weighted by Gasteiger charge is -2.24. The van der Waals surface area contributed by atoms with E-state index in [0.717, 1.165) is 43.5 Å². The van der Waals surface area contributed by atoms with Gasteiger partial charge in [0.25, 0.3) is 0 Å². The Morgan fingerprint density at radius 1 is 0.923 bits per heavy atom. The molecule has 4 rings (SSSR count). The van der Waals surface area contributed by atoms with Crippen molar-refractivity contribution < 1.29 is 0 Å². The number of hydrogen-bond acceptors (Lipinski definition) is 2. The van der Waals surface area contributed by atoms with E-state index in [2.05, 4.69) is 39.1 Å². The Kier molecular flexibility index (Phi) is 5.03. The minimum absolute atomic E-state index is 0.0451. The van der Waals surface area contributed by atoms with Crippen LogP contribution < -0.4 is 5.01 Å². The van der Waals surface area contributed by atoms with Gasteiger partial charge in [0.15, 0.2) is 0 Å². The smallest absolute Gasteiger partial charge is 0.0846 e. The van der Waals surface area contributed by atoms with Crippen molar-refractivity contribution in [1.82, 2.24) is 0 Å². The predicted octanol–water partition coefficient (Wildman–Crippen LogP) is 7.11. The van der Waals surface area contributed by atoms with Crippen molar-refractivity contribution in [2.45, 2.75) is 12.5 Å². The lowest BCUT2D eigenvalue weighted by Crippen LogP contribution is -2.18. The summed E-state index contributed by atoms with van der Waals surface area (Å²) in [5.74, 6) is 0. The summed E-state index contributed by atoms with van der Waals surface area (Å²) in [7, 11) is 0. The molecule has 0 aromatic heterocycles. The molecule has 5 heteroatoms. The van der Waals surface area contributed by atoms with Crippen LogP contribution in [-0.2, 0) is 0 Å². The second-order valence-corrected chi connectivity index (χ2v) is 7.88. The lowest BCUT2D eigenvalue weighted by molar-refractivity contribution is 0.709. The van der Waals surface area contributed by atoms with Gasteiger partial charge in [0.2, 0.25) is 0 Å². The number of halogens is 3. The average Bonchev–Trinajstić information content (AvgIpc) is 3.08. The predicted molar refractivity (Wildman–Crippen MR) is 113 cm³/mol. The quantitative estimate of drug-likeness (QED) is 0.419. The van der Waals surface area contributed by atoms with Gasteiger partial charge >= 0.3 is 0 Å². The van der Waals surface area contributed by atoms with E-state index < -0.39 is 0 Å². The van der Waals surface area contributed by atoms with Gasteiger partial charge in [-0.2, -0.15) is 5.10 Å². The van der Waals surface area contributed by atoms with Gasteiger partial charge in [-0.05, 0) is 47.5 Å². The summed E-state index contributed by atoms with van der Waals surface area (Å²) in [6, 6.07) is 24.0. The molecule has 0 spiro atoms. The molecule has 0 bridgehead atoms. The van der Waals surface area contributed by atoms with Crippen LogP contribution in [0.5, 0.6) is 0 Å². The van der Waals surface area contributed by atoms with Crippen LogP contribution in [0.3, 0.4) is 0 Å². The molecular weight excluding hydrogens is 431 g/mol. The van der Waals surface area contributed by atoms with Crippen molar-refractivity contribution in [3.8, 4) is 0 Å². The van der Waals surface area contributed by atoms with Crippen molar-refractivity contribution in [3.63, 3.8) is 0 Å². The summed E-state index contributed by atoms with van der Waals surface area (Å²) in [5.41, 5.74) is 4.19. The molecule has 0 radical (unpaired) electrons. The van der Waals surface area contributed by atoms with E-state index >= 15 is 0 Å². The molecule has 0 N–H and O–H groups in total. The Labute approximate surface area is 171 Å². The minimum atomic E-state index is 0.0451. The van der Waals surface area contributed by atoms with Crippen LogP contribution in [0.4, 0.5) is 5.69 Å². The fourth-order valence-electron chi connectivity index (χ4n) is 3.17. The van der Waals surface area contributed by atoms with Crippen molar-refractivity contribution in [2.75, 3.05) is 5.01 Å². The molecule has 0 fully saturated rings. The molecule has 1 aliphatic rings. The third-order valence-corrected chi connectivity index (χ3v) is 5.51. The Balaban J connectivity index is 1.78. The molecule has 3 aromatic rings. The standard InChI is InChI=1S/C21H15BrCl2N2/c22-15-4-3-5-17(12-15)26-21(18-6-1-2-7-19(18)24)13-20(25-26)14-8-10-16(23)11-9-14/h1-12,21H,13H2/t21-/m0/s1. The van der Waals surface area contributed by atoms with E-state index in [-0.39, 0.29) is 6.04 Å². The fourth-order valence-corrected chi connectivity index (χ4v) is 3.95. The third-order valence-electron chi connectivity index (χ3n) is 4.42. The summed E-state index contributed by atoms with van der Waals surface area (Å²) in [6.07, 6.45) is 0.776. The van der Waals surface area contributed by atoms with Crippen LogP contribution in [0.25, 0.3) is 0 Å². The Morgan fingerprint density at radius 2 is 1.69 bits per heavy atom. The number of hydrogen-bond donors (Lipinski definition) is 0. The highest BCUT2D eigenvalue weighted by Crippen LogP contribution is 2.39. The van der Waals surface area contributed by atoms with E-state index in [1.165, 1.54) is 0 Å². The highest BCUT2D eigenvalue weighted by atomic mass is 79.9. The summed E-state index contributed by atoms with van der Waals surface area (Å²) in [4.78, 5) is 0. The topological polar surface area (TPSA) is 15.6 Å². The number of nitrogens with zero attached hydrogens (tertiary/aromatic N) is 2. The van der Waals surface area contributed by atoms with Crippen molar-refractivity contribution in [3.05, 3.63) is 98.4 Å². The van der Waals surface area contributed by atoms with Crippen molar-refractivity contribution >= 4 is 50.5 Å². The molecule has 0 amide bonds. The average molecular weight is 446 g/mol. The van der Waals surface area contributed by atoms with E-state index in [4.69, 9.17) is 28.3 Å². The molecular formula is C21H15BrCl2N2. The van der Waals surface area contributed by atoms with Crippen LogP contribution in [0.1, 0.15) is 23.6 Å². The lowest BCUT2D eigenvalue weighted by atomic mass is 9.98. The maximum Gasteiger partial charge on any atom is 0.0846 e. The Hall–Kier alpha value is -1.81. The fraction of sp³-hybridized carbons (Fsp3) is 0.0952. The highest BCUT2D eigenvalue weighted by molar-refractivity contribution is 9.10. The van der Waals surface area contributed by atoms with Crippen molar-refractivity contribution in [2.24, 2.45) is 5.10 Å². The Morgan fingerprint density at radius 3 is 2.42 bits per heavy atom. The van der Waals surface area contributed by atoms with Gasteiger partial charge in [0, 0.05) is 20.9 Å². The summed E-state index contributed by atoms with van der Waals surface area (Å²) in [5, 5.41) is 8.45. The molecule has 0 saturated heterocycles. The number of anilines is 1. The first kappa shape index (κ1) is 17.6. The monoisotopic (exact) mass is 444 g/mol. The molecule has 0 unspecified atom stereocenters. The molecule has 0 aliphatic carbocycles. The zero-order valence-corrected chi connectivity index (χ0v) is 16.8. The van der Waals surface area contributed by atoms with Gasteiger partial charge in [0.05, 0.1) is 17.4 Å². The van der Waals surface area contributed by atoms with Gasteiger partial charge in [-0.25, -0.2) is 0 Å². The van der Waals surface area contributed by atoms with Gasteiger partial charge in [-0.3, -0.25) is 5.01 Å². The SMILES string of the molecule is Clc1ccc(C2=NN(c3cccc(Br)c3)[C@H](c3ccccc3Cl)C2)cc1. The molecule has 3 aromatic carbocycles. The summed E-state index contributed by atoms with van der Waals surface area (Å²) >= 11 is 16.1. The number of rotatable bonds is 3. The van der Waals surface area contributed by atoms with E-state index in [1.54, 1.807) is 0 Å². The van der Waals surface area contributed by atoms with Crippen LogP contribution >= 0.6 is 39.1 Å². The summed E-state index contributed by atoms with van der Waals surface area (Å²) < 4.78 is 1.02. The molecule has 130 valence electrons.